The minimum atomic E-state index is -4.48. The Balaban J connectivity index is 2.40. The minimum Gasteiger partial charge on any atom is -0.475 e. The van der Waals surface area contributed by atoms with E-state index < -0.39 is 17.6 Å². The molecular formula is C15H23F3N4O. The van der Waals surface area contributed by atoms with Gasteiger partial charge in [0.05, 0.1) is 6.54 Å². The summed E-state index contributed by atoms with van der Waals surface area (Å²) in [4.78, 5) is 7.66. The van der Waals surface area contributed by atoms with E-state index in [0.717, 1.165) is 19.0 Å². The molecule has 1 rings (SSSR count). The van der Waals surface area contributed by atoms with Crippen molar-refractivity contribution in [3.8, 4) is 5.88 Å². The summed E-state index contributed by atoms with van der Waals surface area (Å²) in [7, 11) is 1.63. The van der Waals surface area contributed by atoms with Crippen molar-refractivity contribution in [2.45, 2.75) is 26.4 Å². The zero-order chi connectivity index (χ0) is 17.3. The predicted octanol–water partition coefficient (Wildman–Crippen LogP) is 2.69. The summed E-state index contributed by atoms with van der Waals surface area (Å²) in [6.07, 6.45) is -2.21. The minimum absolute atomic E-state index is 0.0466. The summed E-state index contributed by atoms with van der Waals surface area (Å²) in [5, 5.41) is 6.10. The van der Waals surface area contributed by atoms with Gasteiger partial charge in [0.2, 0.25) is 5.88 Å². The van der Waals surface area contributed by atoms with Crippen molar-refractivity contribution in [1.29, 1.82) is 0 Å². The lowest BCUT2D eigenvalue weighted by Crippen LogP contribution is -2.40. The van der Waals surface area contributed by atoms with Gasteiger partial charge >= 0.3 is 6.18 Å². The second-order valence-electron chi connectivity index (χ2n) is 5.31. The van der Waals surface area contributed by atoms with Gasteiger partial charge in [-0.1, -0.05) is 13.8 Å². The summed E-state index contributed by atoms with van der Waals surface area (Å²) in [6, 6.07) is 2.18. The third-order valence-electron chi connectivity index (χ3n) is 2.95. The van der Waals surface area contributed by atoms with Gasteiger partial charge in [-0.25, -0.2) is 4.98 Å². The molecule has 5 nitrogen and oxygen atoms in total. The van der Waals surface area contributed by atoms with Gasteiger partial charge in [0.25, 0.3) is 0 Å². The Hall–Kier alpha value is -1.99. The first-order chi connectivity index (χ1) is 10.8. The van der Waals surface area contributed by atoms with Crippen LogP contribution >= 0.6 is 0 Å². The number of aliphatic imine (C=N–C) groups is 1. The number of nitrogens with zero attached hydrogens (tertiary/aromatic N) is 2. The number of hydrogen-bond donors (Lipinski definition) is 2. The largest absolute Gasteiger partial charge is 0.475 e. The Morgan fingerprint density at radius 3 is 2.61 bits per heavy atom. The Bertz CT molecular complexity index is 504. The van der Waals surface area contributed by atoms with E-state index >= 15 is 0 Å². The molecule has 1 aromatic rings. The lowest BCUT2D eigenvalue weighted by Gasteiger charge is -2.14. The smallest absolute Gasteiger partial charge is 0.421 e. The van der Waals surface area contributed by atoms with Gasteiger partial charge in [0, 0.05) is 19.8 Å². The molecule has 0 amide bonds. The van der Waals surface area contributed by atoms with Crippen molar-refractivity contribution in [3.63, 3.8) is 0 Å². The van der Waals surface area contributed by atoms with E-state index in [-0.39, 0.29) is 6.61 Å². The number of hydrogen-bond acceptors (Lipinski definition) is 3. The Morgan fingerprint density at radius 2 is 2.00 bits per heavy atom. The summed E-state index contributed by atoms with van der Waals surface area (Å²) in [6.45, 7) is 5.38. The maximum atomic E-state index is 12.8. The van der Waals surface area contributed by atoms with Crippen molar-refractivity contribution in [2.24, 2.45) is 10.9 Å². The molecule has 1 aromatic heterocycles. The molecule has 0 bridgehead atoms. The Labute approximate surface area is 134 Å². The van der Waals surface area contributed by atoms with Crippen LogP contribution in [0.15, 0.2) is 23.3 Å². The van der Waals surface area contributed by atoms with E-state index in [1.807, 2.05) is 0 Å². The van der Waals surface area contributed by atoms with Crippen LogP contribution in [0.5, 0.6) is 5.88 Å². The number of ether oxygens (including phenoxy) is 1. The molecule has 130 valence electrons. The predicted molar refractivity (Wildman–Crippen MR) is 83.6 cm³/mol. The van der Waals surface area contributed by atoms with Crippen molar-refractivity contribution in [1.82, 2.24) is 15.6 Å². The Kier molecular flexibility index (Phi) is 7.64. The number of guanidine groups is 1. The molecule has 0 aliphatic heterocycles. The van der Waals surface area contributed by atoms with E-state index in [4.69, 9.17) is 4.74 Å². The summed E-state index contributed by atoms with van der Waals surface area (Å²) in [5.41, 5.74) is -0.876. The molecule has 0 spiro atoms. The zero-order valence-electron chi connectivity index (χ0n) is 13.6. The van der Waals surface area contributed by atoms with Crippen LogP contribution in [0.25, 0.3) is 0 Å². The van der Waals surface area contributed by atoms with Gasteiger partial charge in [0.15, 0.2) is 5.96 Å². The summed E-state index contributed by atoms with van der Waals surface area (Å²) >= 11 is 0. The van der Waals surface area contributed by atoms with Gasteiger partial charge in [-0.2, -0.15) is 13.2 Å². The highest BCUT2D eigenvalue weighted by molar-refractivity contribution is 5.79. The summed E-state index contributed by atoms with van der Waals surface area (Å²) < 4.78 is 43.5. The first-order valence-corrected chi connectivity index (χ1v) is 7.44. The van der Waals surface area contributed by atoms with E-state index in [9.17, 15) is 13.2 Å². The molecule has 1 heterocycles. The highest BCUT2D eigenvalue weighted by Crippen LogP contribution is 2.34. The van der Waals surface area contributed by atoms with Gasteiger partial charge < -0.3 is 15.4 Å². The average molecular weight is 332 g/mol. The average Bonchev–Trinajstić information content (AvgIpc) is 2.48. The van der Waals surface area contributed by atoms with Crippen LogP contribution in [0.4, 0.5) is 13.2 Å². The Morgan fingerprint density at radius 1 is 1.30 bits per heavy atom. The van der Waals surface area contributed by atoms with Crippen molar-refractivity contribution in [3.05, 3.63) is 23.9 Å². The van der Waals surface area contributed by atoms with Gasteiger partial charge in [0.1, 0.15) is 12.2 Å². The molecule has 0 aromatic carbocycles. The quantitative estimate of drug-likeness (QED) is 0.458. The number of alkyl halides is 3. The second kappa shape index (κ2) is 9.22. The van der Waals surface area contributed by atoms with Gasteiger partial charge in [-0.15, -0.1) is 0 Å². The van der Waals surface area contributed by atoms with Gasteiger partial charge in [-0.05, 0) is 24.5 Å². The highest BCUT2D eigenvalue weighted by Gasteiger charge is 2.34. The van der Waals surface area contributed by atoms with Crippen molar-refractivity contribution >= 4 is 5.96 Å². The molecule has 0 aliphatic carbocycles. The first kappa shape index (κ1) is 19.1. The highest BCUT2D eigenvalue weighted by atomic mass is 19.4. The number of nitrogens with one attached hydrogen (secondary N) is 2. The third-order valence-corrected chi connectivity index (χ3v) is 2.95. The van der Waals surface area contributed by atoms with E-state index in [1.54, 1.807) is 7.05 Å². The maximum Gasteiger partial charge on any atom is 0.421 e. The zero-order valence-corrected chi connectivity index (χ0v) is 13.6. The van der Waals surface area contributed by atoms with Crippen LogP contribution in [-0.4, -0.2) is 37.7 Å². The van der Waals surface area contributed by atoms with Crippen LogP contribution in [0.1, 0.15) is 25.8 Å². The fourth-order valence-corrected chi connectivity index (χ4v) is 1.74. The SMILES string of the molecule is CN=C(NCCOc1ncccc1C(F)(F)F)NCCC(C)C. The van der Waals surface area contributed by atoms with E-state index in [1.165, 1.54) is 12.3 Å². The van der Waals surface area contributed by atoms with Crippen molar-refractivity contribution in [2.75, 3.05) is 26.7 Å². The molecule has 0 fully saturated rings. The normalized spacial score (nSPS) is 12.4. The monoisotopic (exact) mass is 332 g/mol. The molecule has 0 saturated carbocycles. The molecular weight excluding hydrogens is 309 g/mol. The van der Waals surface area contributed by atoms with E-state index in [0.29, 0.717) is 18.4 Å². The molecule has 8 heteroatoms. The fraction of sp³-hybridized carbons (Fsp3) is 0.600. The molecule has 0 saturated heterocycles. The molecule has 0 unspecified atom stereocenters. The lowest BCUT2D eigenvalue weighted by atomic mass is 10.1. The third kappa shape index (κ3) is 7.21. The lowest BCUT2D eigenvalue weighted by molar-refractivity contribution is -0.139. The standard InChI is InChI=1S/C15H23F3N4O/c1-11(2)6-8-21-14(19-3)22-9-10-23-13-12(15(16,17)18)5-4-7-20-13/h4-5,7,11H,6,8-10H2,1-3H3,(H2,19,21,22). The van der Waals surface area contributed by atoms with Crippen LogP contribution in [0.3, 0.4) is 0 Å². The number of rotatable bonds is 7. The van der Waals surface area contributed by atoms with Crippen LogP contribution < -0.4 is 15.4 Å². The molecule has 2 N–H and O–H groups in total. The van der Waals surface area contributed by atoms with Crippen LogP contribution in [0.2, 0.25) is 0 Å². The van der Waals surface area contributed by atoms with Crippen molar-refractivity contribution < 1.29 is 17.9 Å². The molecule has 0 radical (unpaired) electrons. The van der Waals surface area contributed by atoms with Crippen LogP contribution in [-0.2, 0) is 6.18 Å². The molecule has 0 aliphatic rings. The first-order valence-electron chi connectivity index (χ1n) is 7.44. The number of aromatic nitrogens is 1. The van der Waals surface area contributed by atoms with E-state index in [2.05, 4.69) is 34.5 Å². The fourth-order valence-electron chi connectivity index (χ4n) is 1.74. The molecule has 0 atom stereocenters. The molecule has 23 heavy (non-hydrogen) atoms. The van der Waals surface area contributed by atoms with Gasteiger partial charge in [-0.3, -0.25) is 4.99 Å². The number of pyridine rings is 1. The summed E-state index contributed by atoms with van der Waals surface area (Å²) in [5.74, 6) is 0.754. The second-order valence-corrected chi connectivity index (χ2v) is 5.31. The number of halogens is 3. The van der Waals surface area contributed by atoms with Crippen LogP contribution in [0, 0.1) is 5.92 Å². The topological polar surface area (TPSA) is 58.5 Å². The maximum absolute atomic E-state index is 12.8.